The van der Waals surface area contributed by atoms with E-state index < -0.39 is 18.6 Å². The zero-order valence-electron chi connectivity index (χ0n) is 35.8. The molecule has 6 aromatic rings. The molecule has 64 heavy (non-hydrogen) atoms. The molecule has 4 N–H and O–H groups in total. The maximum Gasteiger partial charge on any atom is 0.323 e. The second kappa shape index (κ2) is 22.8. The number of nitrogens with zero attached hydrogens (tertiary/aromatic N) is 4. The first kappa shape index (κ1) is 47.1. The van der Waals surface area contributed by atoms with E-state index in [-0.39, 0.29) is 39.6 Å². The van der Waals surface area contributed by atoms with E-state index in [1.807, 2.05) is 50.2 Å². The summed E-state index contributed by atoms with van der Waals surface area (Å²) >= 11 is 13.4. The molecule has 0 saturated carbocycles. The number of aliphatic imine (C=N–C) groups is 2. The molecule has 6 rings (SSSR count). The van der Waals surface area contributed by atoms with E-state index >= 15 is 0 Å². The summed E-state index contributed by atoms with van der Waals surface area (Å²) in [6, 6.07) is 21.4. The molecule has 0 fully saturated rings. The first-order valence-electron chi connectivity index (χ1n) is 20.2. The van der Waals surface area contributed by atoms with Gasteiger partial charge < -0.3 is 34.3 Å². The van der Waals surface area contributed by atoms with Gasteiger partial charge in [-0.05, 0) is 71.5 Å². The maximum atomic E-state index is 11.6. The first-order chi connectivity index (χ1) is 31.0. The second-order valence-corrected chi connectivity index (χ2v) is 15.6. The van der Waals surface area contributed by atoms with E-state index in [0.29, 0.717) is 44.2 Å². The number of carboxylic acids is 1. The number of halogens is 2. The Morgan fingerprint density at radius 2 is 1.12 bits per heavy atom. The molecule has 2 aromatic heterocycles. The minimum Gasteiger partial charge on any atom is -0.488 e. The van der Waals surface area contributed by atoms with Gasteiger partial charge in [0.2, 0.25) is 0 Å². The summed E-state index contributed by atoms with van der Waals surface area (Å²) in [5, 5.41) is 32.6. The van der Waals surface area contributed by atoms with Crippen molar-refractivity contribution in [3.63, 3.8) is 0 Å². The number of aliphatic carboxylic acids is 1. The van der Waals surface area contributed by atoms with Gasteiger partial charge in [0, 0.05) is 103 Å². The van der Waals surface area contributed by atoms with Crippen LogP contribution in [0.15, 0.2) is 108 Å². The van der Waals surface area contributed by atoms with Gasteiger partial charge >= 0.3 is 5.97 Å². The molecule has 0 amide bonds. The highest BCUT2D eigenvalue weighted by atomic mass is 35.5. The zero-order valence-corrected chi connectivity index (χ0v) is 37.4. The summed E-state index contributed by atoms with van der Waals surface area (Å²) < 4.78 is 25.0. The molecule has 4 aromatic carbocycles. The number of carbonyl (C=O) groups is 1. The molecular formula is C49H49Cl2N5O8. The van der Waals surface area contributed by atoms with Crippen LogP contribution in [0.1, 0.15) is 55.6 Å². The third kappa shape index (κ3) is 12.2. The smallest absolute Gasteiger partial charge is 0.323 e. The molecule has 0 bridgehead atoms. The molecule has 1 atom stereocenters. The van der Waals surface area contributed by atoms with Crippen molar-refractivity contribution in [2.24, 2.45) is 9.98 Å². The predicted octanol–water partition coefficient (Wildman–Crippen LogP) is 8.51. The summed E-state index contributed by atoms with van der Waals surface area (Å²) in [6.07, 6.45) is 10.2. The normalized spacial score (nSPS) is 11.9. The second-order valence-electron chi connectivity index (χ2n) is 14.8. The zero-order chi connectivity index (χ0) is 45.6. The van der Waals surface area contributed by atoms with Crippen LogP contribution in [0, 0.1) is 13.8 Å². The lowest BCUT2D eigenvalue weighted by molar-refractivity contribution is -0.140. The Morgan fingerprint density at radius 1 is 0.656 bits per heavy atom. The van der Waals surface area contributed by atoms with Crippen molar-refractivity contribution < 1.29 is 39.1 Å². The van der Waals surface area contributed by atoms with Crippen molar-refractivity contribution in [1.29, 1.82) is 0 Å². The summed E-state index contributed by atoms with van der Waals surface area (Å²) in [4.78, 5) is 28.2. The highest BCUT2D eigenvalue weighted by Crippen LogP contribution is 2.37. The molecule has 0 spiro atoms. The van der Waals surface area contributed by atoms with E-state index in [0.717, 1.165) is 55.6 Å². The highest BCUT2D eigenvalue weighted by Gasteiger charge is 2.19. The Hall–Kier alpha value is -6.35. The number of carboxylic acid groups (broad SMARTS) is 1. The molecular weight excluding hydrogens is 857 g/mol. The van der Waals surface area contributed by atoms with Crippen LogP contribution in [-0.2, 0) is 44.4 Å². The van der Waals surface area contributed by atoms with E-state index in [1.165, 1.54) is 0 Å². The number of hydrogen-bond acceptors (Lipinski definition) is 12. The van der Waals surface area contributed by atoms with Gasteiger partial charge in [-0.1, -0.05) is 59.6 Å². The van der Waals surface area contributed by atoms with Gasteiger partial charge in [-0.15, -0.1) is 0 Å². The number of nitrogens with one attached hydrogen (secondary N) is 1. The molecule has 0 radical (unpaired) electrons. The van der Waals surface area contributed by atoms with Crippen LogP contribution in [0.25, 0.3) is 11.1 Å². The Labute approximate surface area is 382 Å². The lowest BCUT2D eigenvalue weighted by Gasteiger charge is -2.19. The van der Waals surface area contributed by atoms with Gasteiger partial charge in [0.25, 0.3) is 0 Å². The SMILES string of the molecule is CN=Cc1cncc(COc2cc(OCc3cccc(-c4cccc(COc5cc(OCc6cncc(C=NC)c6)c(CN[C@H](CO)C(=O)O)cc5Cl)c4C)c3C)c(Cl)cc2CO)c1. The molecule has 0 aliphatic heterocycles. The number of aliphatic hydroxyl groups excluding tert-OH is 2. The Bertz CT molecular complexity index is 2640. The number of benzene rings is 4. The number of ether oxygens (including phenoxy) is 4. The topological polar surface area (TPSA) is 177 Å². The van der Waals surface area contributed by atoms with Crippen LogP contribution in [-0.4, -0.2) is 70.4 Å². The van der Waals surface area contributed by atoms with Gasteiger partial charge in [0.1, 0.15) is 55.5 Å². The number of pyridine rings is 2. The van der Waals surface area contributed by atoms with E-state index in [2.05, 4.69) is 37.4 Å². The van der Waals surface area contributed by atoms with Crippen LogP contribution < -0.4 is 24.3 Å². The van der Waals surface area contributed by atoms with Crippen LogP contribution in [0.2, 0.25) is 10.0 Å². The monoisotopic (exact) mass is 905 g/mol. The summed E-state index contributed by atoms with van der Waals surface area (Å²) in [6.45, 7) is 4.08. The summed E-state index contributed by atoms with van der Waals surface area (Å²) in [5.41, 5.74) is 10.4. The van der Waals surface area contributed by atoms with Crippen LogP contribution in [0.4, 0.5) is 0 Å². The number of hydrogen-bond donors (Lipinski definition) is 4. The third-order valence-corrected chi connectivity index (χ3v) is 10.9. The van der Waals surface area contributed by atoms with Crippen molar-refractivity contribution in [2.75, 3.05) is 20.7 Å². The van der Waals surface area contributed by atoms with E-state index in [1.54, 1.807) is 75.6 Å². The average molecular weight is 907 g/mol. The van der Waals surface area contributed by atoms with Crippen molar-refractivity contribution >= 4 is 41.6 Å². The fourth-order valence-electron chi connectivity index (χ4n) is 6.88. The Kier molecular flexibility index (Phi) is 16.8. The number of rotatable bonds is 21. The lowest BCUT2D eigenvalue weighted by atomic mass is 9.92. The van der Waals surface area contributed by atoms with Crippen molar-refractivity contribution in [1.82, 2.24) is 15.3 Å². The van der Waals surface area contributed by atoms with Crippen molar-refractivity contribution in [2.45, 2.75) is 59.5 Å². The minimum atomic E-state index is -1.19. The largest absolute Gasteiger partial charge is 0.488 e. The minimum absolute atomic E-state index is 0.0557. The molecule has 0 aliphatic carbocycles. The van der Waals surface area contributed by atoms with E-state index in [9.17, 15) is 20.1 Å². The van der Waals surface area contributed by atoms with Gasteiger partial charge in [-0.2, -0.15) is 0 Å². The van der Waals surface area contributed by atoms with Crippen LogP contribution in [0.3, 0.4) is 0 Å². The predicted molar refractivity (Wildman–Crippen MR) is 248 cm³/mol. The Balaban J connectivity index is 1.18. The molecule has 332 valence electrons. The van der Waals surface area contributed by atoms with E-state index in [4.69, 9.17) is 42.1 Å². The molecule has 0 unspecified atom stereocenters. The standard InChI is InChI=1S/C49H49Cl2N5O8/c1-30-36(28-63-47-15-45(61-26-34-11-32(17-52-3)19-54-21-34)38(13-42(47)50)23-56-44(25-58)49(59)60)7-5-9-40(30)41-10-6-8-37(31(41)2)29-64-48-16-46(39(24-57)14-43(48)51)62-27-35-12-33(18-53-4)20-55-22-35/h5-22,44,56-58H,23-29H2,1-4H3,(H,59,60)/t44-/m1/s1. The highest BCUT2D eigenvalue weighted by molar-refractivity contribution is 6.32. The fraction of sp³-hybridized carbons (Fsp3) is 0.245. The molecule has 0 aliphatic rings. The van der Waals surface area contributed by atoms with Crippen molar-refractivity contribution in [3.8, 4) is 34.1 Å². The van der Waals surface area contributed by atoms with Gasteiger partial charge in [-0.3, -0.25) is 30.1 Å². The summed E-state index contributed by atoms with van der Waals surface area (Å²) in [7, 11) is 3.38. The lowest BCUT2D eigenvalue weighted by Crippen LogP contribution is -2.39. The van der Waals surface area contributed by atoms with Gasteiger partial charge in [-0.25, -0.2) is 0 Å². The quantitative estimate of drug-likeness (QED) is 0.0510. The van der Waals surface area contributed by atoms with Crippen LogP contribution in [0.5, 0.6) is 23.0 Å². The Morgan fingerprint density at radius 3 is 1.58 bits per heavy atom. The summed E-state index contributed by atoms with van der Waals surface area (Å²) in [5.74, 6) is 0.464. The van der Waals surface area contributed by atoms with Crippen molar-refractivity contribution in [3.05, 3.63) is 163 Å². The fourth-order valence-corrected chi connectivity index (χ4v) is 7.36. The number of aliphatic hydroxyl groups is 2. The molecule has 2 heterocycles. The van der Waals surface area contributed by atoms with Gasteiger partial charge in [0.15, 0.2) is 0 Å². The molecule has 13 nitrogen and oxygen atoms in total. The first-order valence-corrected chi connectivity index (χ1v) is 21.0. The van der Waals surface area contributed by atoms with Gasteiger partial charge in [0.05, 0.1) is 23.3 Å². The average Bonchev–Trinajstić information content (AvgIpc) is 3.29. The maximum absolute atomic E-state index is 11.6. The molecule has 15 heteroatoms. The number of aromatic nitrogens is 2. The molecule has 0 saturated heterocycles. The third-order valence-electron chi connectivity index (χ3n) is 10.3. The van der Waals surface area contributed by atoms with Crippen LogP contribution >= 0.6 is 23.2 Å².